The highest BCUT2D eigenvalue weighted by Crippen LogP contribution is 2.22. The van der Waals surface area contributed by atoms with E-state index in [1.54, 1.807) is 0 Å². The van der Waals surface area contributed by atoms with Crippen molar-refractivity contribution in [2.75, 3.05) is 20.1 Å². The second-order valence-corrected chi connectivity index (χ2v) is 16.8. The molecule has 16 nitrogen and oxygen atoms in total. The predicted octanol–water partition coefficient (Wildman–Crippen LogP) is 2.33. The largest absolute Gasteiger partial charge is 0.326 e. The van der Waals surface area contributed by atoms with Crippen LogP contribution in [0.5, 0.6) is 0 Å². The third kappa shape index (κ3) is 10.6. The Balaban J connectivity index is 1.22. The van der Waals surface area contributed by atoms with Crippen LogP contribution < -0.4 is 30.4 Å². The van der Waals surface area contributed by atoms with E-state index < -0.39 is 51.9 Å². The molecule has 0 atom stereocenters. The number of hydrogen-bond donors (Lipinski definition) is 6. The fraction of sp³-hybridized carbons (Fsp3) is 0.103. The lowest BCUT2D eigenvalue weighted by Gasteiger charge is -2.10. The zero-order chi connectivity index (χ0) is 36.0. The molecule has 0 aliphatic rings. The quantitative estimate of drug-likeness (QED) is 0.109. The van der Waals surface area contributed by atoms with Crippen LogP contribution in [-0.4, -0.2) is 45.5 Å². The van der Waals surface area contributed by atoms with Crippen molar-refractivity contribution in [3.8, 4) is 0 Å². The van der Waals surface area contributed by atoms with Crippen molar-refractivity contribution in [3.63, 3.8) is 0 Å². The average Bonchev–Trinajstić information content (AvgIpc) is 3.01. The number of nitrogens with two attached hydrogens (primary N) is 2. The van der Waals surface area contributed by atoms with Gasteiger partial charge in [-0.2, -0.15) is 0 Å². The number of anilines is 4. The summed E-state index contributed by atoms with van der Waals surface area (Å²) < 4.78 is 101. The van der Waals surface area contributed by atoms with E-state index in [1.165, 1.54) is 72.8 Å². The summed E-state index contributed by atoms with van der Waals surface area (Å²) in [6, 6.07) is 20.2. The van der Waals surface area contributed by atoms with Gasteiger partial charge in [-0.05, 0) is 103 Å². The van der Waals surface area contributed by atoms with Gasteiger partial charge in [-0.25, -0.2) is 43.9 Å². The Kier molecular flexibility index (Phi) is 11.1. The van der Waals surface area contributed by atoms with E-state index in [1.807, 2.05) is 0 Å². The van der Waals surface area contributed by atoms with Crippen molar-refractivity contribution in [2.24, 2.45) is 10.3 Å². The van der Waals surface area contributed by atoms with E-state index in [0.29, 0.717) is 11.4 Å². The highest BCUT2D eigenvalue weighted by molar-refractivity contribution is 7.93. The molecular weight excluding hydrogens is 721 g/mol. The summed E-state index contributed by atoms with van der Waals surface area (Å²) in [6.07, 6.45) is 0.133. The number of carbonyl (C=O) groups excluding carboxylic acids is 2. The molecule has 0 radical (unpaired) electrons. The fourth-order valence-electron chi connectivity index (χ4n) is 4.14. The van der Waals surface area contributed by atoms with Crippen molar-refractivity contribution >= 4 is 74.7 Å². The normalized spacial score (nSPS) is 12.1. The third-order valence-electron chi connectivity index (χ3n) is 6.57. The smallest absolute Gasteiger partial charge is 0.261 e. The Morgan fingerprint density at radius 1 is 0.429 bits per heavy atom. The third-order valence-corrected chi connectivity index (χ3v) is 11.2. The van der Waals surface area contributed by atoms with Crippen molar-refractivity contribution in [1.82, 2.24) is 0 Å². The van der Waals surface area contributed by atoms with Crippen LogP contribution in [0.15, 0.2) is 117 Å². The Hall–Kier alpha value is -4.86. The minimum atomic E-state index is -4.03. The van der Waals surface area contributed by atoms with E-state index >= 15 is 0 Å². The molecule has 4 rings (SSSR count). The molecule has 2 amide bonds. The molecule has 0 spiro atoms. The molecule has 0 fully saturated rings. The molecule has 8 N–H and O–H groups in total. The zero-order valence-electron chi connectivity index (χ0n) is 25.2. The minimum Gasteiger partial charge on any atom is -0.326 e. The summed E-state index contributed by atoms with van der Waals surface area (Å²) in [5.41, 5.74) is 0.856. The van der Waals surface area contributed by atoms with E-state index in [-0.39, 0.29) is 50.2 Å². The monoisotopic (exact) mass is 750 g/mol. The van der Waals surface area contributed by atoms with Crippen molar-refractivity contribution < 1.29 is 43.3 Å². The molecule has 0 unspecified atom stereocenters. The minimum absolute atomic E-state index is 0.0232. The summed E-state index contributed by atoms with van der Waals surface area (Å²) in [5, 5.41) is 15.3. The van der Waals surface area contributed by atoms with Crippen LogP contribution in [0.1, 0.15) is 19.3 Å². The van der Waals surface area contributed by atoms with Crippen LogP contribution in [0.25, 0.3) is 0 Å². The Morgan fingerprint density at radius 3 is 0.980 bits per heavy atom. The number of nitrogens with one attached hydrogen (secondary N) is 4. The number of carbonyl (C=O) groups is 2. The molecule has 260 valence electrons. The number of sulfonamides is 4. The van der Waals surface area contributed by atoms with Crippen LogP contribution in [-0.2, 0) is 49.7 Å². The molecule has 0 aliphatic carbocycles. The van der Waals surface area contributed by atoms with Gasteiger partial charge in [-0.15, -0.1) is 0 Å². The lowest BCUT2D eigenvalue weighted by Crippen LogP contribution is -2.16. The number of hydrogen-bond acceptors (Lipinski definition) is 10. The van der Waals surface area contributed by atoms with Gasteiger partial charge in [0.05, 0.1) is 19.6 Å². The standard InChI is InChI=1S/C29H30N6O10S4/c30-46(38,39)24-12-8-22(9-13-24)34-48(42,43)26-16-4-20(5-17-26)32-28(36)2-1-3-29(37)33-21-6-18-27(19-7-21)49(44,45)35-23-10-14-25(15-11-23)47(31,40)41/h4-19,34-35H,1-3H2,(H,32,36)(H,33,37)(H2,30,38,39)(H2,31,40,41). The highest BCUT2D eigenvalue weighted by atomic mass is 32.2. The van der Waals surface area contributed by atoms with Crippen molar-refractivity contribution in [2.45, 2.75) is 38.8 Å². The summed E-state index contributed by atoms with van der Waals surface area (Å²) in [4.78, 5) is 24.2. The second-order valence-electron chi connectivity index (χ2n) is 10.3. The van der Waals surface area contributed by atoms with Crippen molar-refractivity contribution in [3.05, 3.63) is 97.1 Å². The summed E-state index contributed by atoms with van der Waals surface area (Å²) >= 11 is 0. The predicted molar refractivity (Wildman–Crippen MR) is 181 cm³/mol. The number of rotatable bonds is 14. The van der Waals surface area contributed by atoms with Gasteiger partial charge in [-0.1, -0.05) is 0 Å². The molecule has 0 aromatic heterocycles. The van der Waals surface area contributed by atoms with Crippen LogP contribution >= 0.6 is 0 Å². The molecular formula is C29H30N6O10S4. The maximum absolute atomic E-state index is 12.7. The van der Waals surface area contributed by atoms with Crippen LogP contribution in [0.3, 0.4) is 0 Å². The molecule has 20 heteroatoms. The molecule has 49 heavy (non-hydrogen) atoms. The molecule has 0 heterocycles. The Morgan fingerprint density at radius 2 is 0.694 bits per heavy atom. The average molecular weight is 751 g/mol. The summed E-state index contributed by atoms with van der Waals surface area (Å²) in [5.74, 6) is -0.837. The first-order valence-corrected chi connectivity index (χ1v) is 20.0. The molecule has 0 saturated carbocycles. The van der Waals surface area contributed by atoms with Crippen LogP contribution in [0.4, 0.5) is 22.7 Å². The maximum Gasteiger partial charge on any atom is 0.261 e. The van der Waals surface area contributed by atoms with Gasteiger partial charge in [0.25, 0.3) is 20.0 Å². The Bertz CT molecular complexity index is 2120. The highest BCUT2D eigenvalue weighted by Gasteiger charge is 2.17. The van der Waals surface area contributed by atoms with E-state index in [9.17, 15) is 43.3 Å². The van der Waals surface area contributed by atoms with E-state index in [0.717, 1.165) is 24.3 Å². The first-order valence-electron chi connectivity index (χ1n) is 13.9. The topological polar surface area (TPSA) is 271 Å². The molecule has 4 aromatic rings. The molecule has 0 saturated heterocycles. The number of primary sulfonamides is 2. The van der Waals surface area contributed by atoms with Gasteiger partial charge >= 0.3 is 0 Å². The Labute approximate surface area is 283 Å². The van der Waals surface area contributed by atoms with Crippen LogP contribution in [0.2, 0.25) is 0 Å². The molecule has 4 aromatic carbocycles. The van der Waals surface area contributed by atoms with Crippen molar-refractivity contribution in [1.29, 1.82) is 0 Å². The second kappa shape index (κ2) is 14.7. The zero-order valence-corrected chi connectivity index (χ0v) is 28.5. The molecule has 0 aliphatic heterocycles. The SMILES string of the molecule is NS(=O)(=O)c1ccc(NS(=O)(=O)c2ccc(NC(=O)CCCC(=O)Nc3ccc(S(=O)(=O)Nc4ccc(S(N)(=O)=O)cc4)cc3)cc2)cc1. The fourth-order valence-corrected chi connectivity index (χ4v) is 7.29. The van der Waals surface area contributed by atoms with Gasteiger partial charge in [0, 0.05) is 35.6 Å². The van der Waals surface area contributed by atoms with E-state index in [4.69, 9.17) is 10.3 Å². The molecule has 0 bridgehead atoms. The lowest BCUT2D eigenvalue weighted by atomic mass is 10.2. The van der Waals surface area contributed by atoms with Gasteiger partial charge in [-0.3, -0.25) is 19.0 Å². The first-order chi connectivity index (χ1) is 22.8. The maximum atomic E-state index is 12.7. The van der Waals surface area contributed by atoms with Gasteiger partial charge < -0.3 is 10.6 Å². The number of amides is 2. The van der Waals surface area contributed by atoms with Gasteiger partial charge in [0.1, 0.15) is 0 Å². The van der Waals surface area contributed by atoms with Gasteiger partial charge in [0.2, 0.25) is 31.9 Å². The van der Waals surface area contributed by atoms with Gasteiger partial charge in [0.15, 0.2) is 0 Å². The lowest BCUT2D eigenvalue weighted by molar-refractivity contribution is -0.117. The van der Waals surface area contributed by atoms with E-state index in [2.05, 4.69) is 20.1 Å². The summed E-state index contributed by atoms with van der Waals surface area (Å²) in [7, 11) is -15.9. The summed E-state index contributed by atoms with van der Waals surface area (Å²) in [6.45, 7) is 0. The first kappa shape index (κ1) is 37.0. The van der Waals surface area contributed by atoms with Crippen LogP contribution in [0, 0.1) is 0 Å². The number of benzene rings is 4.